The van der Waals surface area contributed by atoms with Crippen LogP contribution in [0.4, 0.5) is 0 Å². The lowest BCUT2D eigenvalue weighted by molar-refractivity contribution is 0.680. The average Bonchev–Trinajstić information content (AvgIpc) is 3.01. The van der Waals surface area contributed by atoms with Crippen molar-refractivity contribution >= 4 is 45.6 Å². The molecule has 104 valence electrons. The Hall–Kier alpha value is -1.10. The predicted molar refractivity (Wildman–Crippen MR) is 84.9 cm³/mol. The molecule has 6 heteroatoms. The molecule has 0 N–H and O–H groups in total. The van der Waals surface area contributed by atoms with E-state index in [2.05, 4.69) is 19.9 Å². The Kier molecular flexibility index (Phi) is 3.96. The van der Waals surface area contributed by atoms with Gasteiger partial charge in [0.25, 0.3) is 0 Å². The molecule has 3 nitrogen and oxygen atoms in total. The minimum Gasteiger partial charge on any atom is -0.327 e. The molecular weight excluding hydrogens is 313 g/mol. The van der Waals surface area contributed by atoms with Crippen LogP contribution in [0.3, 0.4) is 0 Å². The third-order valence-corrected chi connectivity index (χ3v) is 4.55. The van der Waals surface area contributed by atoms with E-state index in [1.165, 1.54) is 0 Å². The van der Waals surface area contributed by atoms with E-state index in [0.29, 0.717) is 10.9 Å². The summed E-state index contributed by atoms with van der Waals surface area (Å²) >= 11 is 13.9. The molecule has 0 saturated carbocycles. The van der Waals surface area contributed by atoms with Gasteiger partial charge < -0.3 is 4.57 Å². The Morgan fingerprint density at radius 3 is 2.85 bits per heavy atom. The summed E-state index contributed by atoms with van der Waals surface area (Å²) in [5.74, 6) is 1.22. The number of aryl methyl sites for hydroxylation is 3. The molecule has 0 fully saturated rings. The van der Waals surface area contributed by atoms with E-state index in [-0.39, 0.29) is 0 Å². The fraction of sp³-hybridized carbons (Fsp3) is 0.286. The van der Waals surface area contributed by atoms with Crippen molar-refractivity contribution in [2.45, 2.75) is 25.8 Å². The summed E-state index contributed by atoms with van der Waals surface area (Å²) in [7, 11) is 0. The lowest BCUT2D eigenvalue weighted by Gasteiger charge is -2.06. The van der Waals surface area contributed by atoms with E-state index in [4.69, 9.17) is 23.2 Å². The van der Waals surface area contributed by atoms with Crippen LogP contribution in [-0.4, -0.2) is 14.5 Å². The first kappa shape index (κ1) is 13.9. The Morgan fingerprint density at radius 1 is 1.30 bits per heavy atom. The summed E-state index contributed by atoms with van der Waals surface area (Å²) in [6, 6.07) is 5.81. The van der Waals surface area contributed by atoms with Crippen LogP contribution in [0.1, 0.15) is 16.5 Å². The second-order valence-corrected chi connectivity index (χ2v) is 6.27. The van der Waals surface area contributed by atoms with Gasteiger partial charge in [0.15, 0.2) is 0 Å². The van der Waals surface area contributed by atoms with E-state index in [0.717, 1.165) is 40.5 Å². The molecule has 0 amide bonds. The summed E-state index contributed by atoms with van der Waals surface area (Å²) in [5, 5.41) is 3.86. The molecule has 0 aliphatic carbocycles. The van der Waals surface area contributed by atoms with Gasteiger partial charge in [0.2, 0.25) is 0 Å². The van der Waals surface area contributed by atoms with Gasteiger partial charge in [-0.3, -0.25) is 0 Å². The van der Waals surface area contributed by atoms with E-state index < -0.39 is 0 Å². The van der Waals surface area contributed by atoms with Crippen molar-refractivity contribution < 1.29 is 0 Å². The van der Waals surface area contributed by atoms with Crippen LogP contribution in [0.2, 0.25) is 5.02 Å². The Balaban J connectivity index is 1.95. The van der Waals surface area contributed by atoms with Gasteiger partial charge in [-0.1, -0.05) is 17.7 Å². The highest BCUT2D eigenvalue weighted by Gasteiger charge is 2.12. The van der Waals surface area contributed by atoms with Gasteiger partial charge in [-0.2, -0.15) is 0 Å². The van der Waals surface area contributed by atoms with Crippen LogP contribution in [0, 0.1) is 6.92 Å². The van der Waals surface area contributed by atoms with Crippen molar-refractivity contribution in [1.82, 2.24) is 14.5 Å². The second-order valence-electron chi connectivity index (χ2n) is 4.53. The predicted octanol–water partition coefficient (Wildman–Crippen LogP) is 4.44. The number of aromatic nitrogens is 3. The molecule has 0 saturated heterocycles. The summed E-state index contributed by atoms with van der Waals surface area (Å²) in [6.45, 7) is 2.83. The number of thiazole rings is 1. The first-order valence-corrected chi connectivity index (χ1v) is 8.09. The summed E-state index contributed by atoms with van der Waals surface area (Å²) in [4.78, 5) is 9.02. The molecule has 3 rings (SSSR count). The van der Waals surface area contributed by atoms with Crippen LogP contribution >= 0.6 is 34.5 Å². The number of hydrogen-bond acceptors (Lipinski definition) is 3. The zero-order chi connectivity index (χ0) is 14.1. The van der Waals surface area contributed by atoms with Gasteiger partial charge in [-0.05, 0) is 19.1 Å². The van der Waals surface area contributed by atoms with Crippen molar-refractivity contribution in [2.75, 3.05) is 0 Å². The largest absolute Gasteiger partial charge is 0.327 e. The summed E-state index contributed by atoms with van der Waals surface area (Å²) in [5.41, 5.74) is 2.95. The fourth-order valence-corrected chi connectivity index (χ4v) is 3.32. The average molecular weight is 326 g/mol. The molecule has 3 aromatic rings. The molecule has 0 atom stereocenters. The van der Waals surface area contributed by atoms with Gasteiger partial charge in [0.1, 0.15) is 11.3 Å². The topological polar surface area (TPSA) is 30.7 Å². The number of halogens is 2. The first-order valence-electron chi connectivity index (χ1n) is 6.29. The lowest BCUT2D eigenvalue weighted by Crippen LogP contribution is -2.05. The maximum Gasteiger partial charge on any atom is 0.124 e. The SMILES string of the molecule is Cc1nc(CCn2c(CCl)nc3c(Cl)cccc32)cs1. The number of alkyl halides is 1. The molecule has 0 unspecified atom stereocenters. The van der Waals surface area contributed by atoms with Crippen molar-refractivity contribution in [2.24, 2.45) is 0 Å². The number of para-hydroxylation sites is 1. The maximum atomic E-state index is 6.19. The minimum absolute atomic E-state index is 0.376. The molecule has 0 aliphatic rings. The second kappa shape index (κ2) is 5.72. The highest BCUT2D eigenvalue weighted by molar-refractivity contribution is 7.09. The third-order valence-electron chi connectivity index (χ3n) is 3.19. The third kappa shape index (κ3) is 2.55. The Bertz CT molecular complexity index is 748. The zero-order valence-electron chi connectivity index (χ0n) is 10.9. The van der Waals surface area contributed by atoms with Gasteiger partial charge >= 0.3 is 0 Å². The van der Waals surface area contributed by atoms with E-state index in [1.54, 1.807) is 11.3 Å². The van der Waals surface area contributed by atoms with Crippen LogP contribution in [0.15, 0.2) is 23.6 Å². The number of imidazole rings is 1. The molecule has 0 radical (unpaired) electrons. The van der Waals surface area contributed by atoms with Crippen molar-refractivity contribution in [3.05, 3.63) is 45.1 Å². The number of hydrogen-bond donors (Lipinski definition) is 0. The van der Waals surface area contributed by atoms with Crippen molar-refractivity contribution in [3.63, 3.8) is 0 Å². The van der Waals surface area contributed by atoms with Gasteiger partial charge in [-0.25, -0.2) is 9.97 Å². The highest BCUT2D eigenvalue weighted by atomic mass is 35.5. The quantitative estimate of drug-likeness (QED) is 0.664. The number of rotatable bonds is 4. The number of benzene rings is 1. The van der Waals surface area contributed by atoms with Gasteiger partial charge in [0, 0.05) is 18.3 Å². The fourth-order valence-electron chi connectivity index (χ4n) is 2.26. The smallest absolute Gasteiger partial charge is 0.124 e. The first-order chi connectivity index (χ1) is 9.69. The summed E-state index contributed by atoms with van der Waals surface area (Å²) < 4.78 is 2.13. The molecule has 0 bridgehead atoms. The van der Waals surface area contributed by atoms with E-state index in [1.807, 2.05) is 25.1 Å². The molecule has 2 aromatic heterocycles. The van der Waals surface area contributed by atoms with E-state index >= 15 is 0 Å². The summed E-state index contributed by atoms with van der Waals surface area (Å²) in [6.07, 6.45) is 0.867. The highest BCUT2D eigenvalue weighted by Crippen LogP contribution is 2.25. The molecule has 0 aliphatic heterocycles. The molecule has 0 spiro atoms. The van der Waals surface area contributed by atoms with Crippen LogP contribution in [0.5, 0.6) is 0 Å². The zero-order valence-corrected chi connectivity index (χ0v) is 13.3. The van der Waals surface area contributed by atoms with Crippen LogP contribution in [0.25, 0.3) is 11.0 Å². The van der Waals surface area contributed by atoms with Crippen LogP contribution in [-0.2, 0) is 18.8 Å². The standard InChI is InChI=1S/C14H13Cl2N3S/c1-9-17-10(8-20-9)5-6-19-12-4-2-3-11(16)14(12)18-13(19)7-15/h2-4,8H,5-7H2,1H3. The monoisotopic (exact) mass is 325 g/mol. The molecule has 20 heavy (non-hydrogen) atoms. The van der Waals surface area contributed by atoms with Gasteiger partial charge in [-0.15, -0.1) is 22.9 Å². The molecular formula is C14H13Cl2N3S. The lowest BCUT2D eigenvalue weighted by atomic mass is 10.3. The van der Waals surface area contributed by atoms with Crippen molar-refractivity contribution in [1.29, 1.82) is 0 Å². The Morgan fingerprint density at radius 2 is 2.15 bits per heavy atom. The van der Waals surface area contributed by atoms with Crippen LogP contribution < -0.4 is 0 Å². The van der Waals surface area contributed by atoms with E-state index in [9.17, 15) is 0 Å². The minimum atomic E-state index is 0.376. The molecule has 2 heterocycles. The normalized spacial score (nSPS) is 11.3. The number of fused-ring (bicyclic) bond motifs is 1. The molecule has 1 aromatic carbocycles. The van der Waals surface area contributed by atoms with Gasteiger partial charge in [0.05, 0.1) is 27.1 Å². The Labute approximate surface area is 131 Å². The maximum absolute atomic E-state index is 6.19. The number of nitrogens with zero attached hydrogens (tertiary/aromatic N) is 3. The van der Waals surface area contributed by atoms with Crippen molar-refractivity contribution in [3.8, 4) is 0 Å².